The normalized spacial score (nSPS) is 19.4. The van der Waals surface area contributed by atoms with Crippen LogP contribution < -0.4 is 10.5 Å². The molecule has 1 atom stereocenters. The van der Waals surface area contributed by atoms with E-state index in [-0.39, 0.29) is 0 Å². The maximum absolute atomic E-state index is 6.07. The molecule has 0 aliphatic carbocycles. The van der Waals surface area contributed by atoms with Gasteiger partial charge in [-0.05, 0) is 44.3 Å². The molecule has 5 heteroatoms. The van der Waals surface area contributed by atoms with E-state index in [1.54, 1.807) is 11.8 Å². The van der Waals surface area contributed by atoms with Crippen molar-refractivity contribution in [2.45, 2.75) is 37.1 Å². The fourth-order valence-corrected chi connectivity index (χ4v) is 3.81. The zero-order valence-corrected chi connectivity index (χ0v) is 14.4. The number of ether oxygens (including phenoxy) is 1. The average Bonchev–Trinajstić information content (AvgIpc) is 2.46. The zero-order valence-electron chi connectivity index (χ0n) is 12.8. The topological polar surface area (TPSA) is 38.5 Å². The van der Waals surface area contributed by atoms with Crippen molar-refractivity contribution in [1.29, 1.82) is 0 Å². The fraction of sp³-hybridized carbons (Fsp3) is 0.562. The first-order chi connectivity index (χ1) is 10.1. The molecule has 1 aromatic rings. The van der Waals surface area contributed by atoms with Gasteiger partial charge in [0.25, 0.3) is 0 Å². The van der Waals surface area contributed by atoms with Crippen LogP contribution in [0.1, 0.15) is 31.7 Å². The molecule has 2 N–H and O–H groups in total. The molecule has 0 radical (unpaired) electrons. The highest BCUT2D eigenvalue weighted by molar-refractivity contribution is 7.99. The van der Waals surface area contributed by atoms with Crippen molar-refractivity contribution >= 4 is 29.0 Å². The van der Waals surface area contributed by atoms with E-state index in [2.05, 4.69) is 24.9 Å². The van der Waals surface area contributed by atoms with Gasteiger partial charge in [-0.3, -0.25) is 0 Å². The maximum atomic E-state index is 6.07. The predicted molar refractivity (Wildman–Crippen MR) is 94.5 cm³/mol. The molecule has 1 heterocycles. The zero-order chi connectivity index (χ0) is 15.2. The summed E-state index contributed by atoms with van der Waals surface area (Å²) in [6.45, 7) is 3.98. The number of likely N-dealkylation sites (tertiary alicyclic amines) is 1. The number of thiocarbonyl (C=S) groups is 1. The van der Waals surface area contributed by atoms with Gasteiger partial charge < -0.3 is 15.4 Å². The van der Waals surface area contributed by atoms with Gasteiger partial charge in [-0.1, -0.05) is 31.6 Å². The van der Waals surface area contributed by atoms with Crippen molar-refractivity contribution in [3.63, 3.8) is 0 Å². The standard InChI is InChI=1S/C16H24N2OS2/c1-3-21-14-9-6-8-13(15(14)16(17)20)19-11-12-7-4-5-10-18(12)2/h6,8-9,12H,3-5,7,10-11H2,1-2H3,(H2,17,20). The van der Waals surface area contributed by atoms with Crippen molar-refractivity contribution < 1.29 is 4.74 Å². The second-order valence-electron chi connectivity index (χ2n) is 5.37. The minimum absolute atomic E-state index is 0.415. The third-order valence-corrected chi connectivity index (χ3v) is 5.03. The highest BCUT2D eigenvalue weighted by Gasteiger charge is 2.20. The van der Waals surface area contributed by atoms with E-state index >= 15 is 0 Å². The van der Waals surface area contributed by atoms with E-state index in [9.17, 15) is 0 Å². The minimum Gasteiger partial charge on any atom is -0.491 e. The highest BCUT2D eigenvalue weighted by atomic mass is 32.2. The lowest BCUT2D eigenvalue weighted by Gasteiger charge is -2.32. The molecule has 116 valence electrons. The SMILES string of the molecule is CCSc1cccc(OCC2CCCCN2C)c1C(N)=S. The van der Waals surface area contributed by atoms with Gasteiger partial charge in [0, 0.05) is 10.9 Å². The number of benzene rings is 1. The Morgan fingerprint density at radius 3 is 2.95 bits per heavy atom. The number of hydrogen-bond acceptors (Lipinski definition) is 4. The van der Waals surface area contributed by atoms with Gasteiger partial charge in [-0.25, -0.2) is 0 Å². The Hall–Kier alpha value is -0.780. The molecule has 1 unspecified atom stereocenters. The number of thioether (sulfide) groups is 1. The molecule has 1 saturated heterocycles. The minimum atomic E-state index is 0.415. The third-order valence-electron chi connectivity index (χ3n) is 3.89. The van der Waals surface area contributed by atoms with E-state index in [1.165, 1.54) is 19.3 Å². The largest absolute Gasteiger partial charge is 0.491 e. The number of nitrogens with two attached hydrogens (primary N) is 1. The molecule has 0 bridgehead atoms. The van der Waals surface area contributed by atoms with Crippen LogP contribution in [0.3, 0.4) is 0 Å². The van der Waals surface area contributed by atoms with E-state index in [1.807, 2.05) is 12.1 Å². The second-order valence-corrected chi connectivity index (χ2v) is 7.11. The first-order valence-electron chi connectivity index (χ1n) is 7.52. The summed E-state index contributed by atoms with van der Waals surface area (Å²) >= 11 is 6.97. The summed E-state index contributed by atoms with van der Waals surface area (Å²) in [5.74, 6) is 1.81. The van der Waals surface area contributed by atoms with Crippen molar-refractivity contribution in [2.75, 3.05) is 26.0 Å². The van der Waals surface area contributed by atoms with Crippen LogP contribution in [-0.2, 0) is 0 Å². The smallest absolute Gasteiger partial charge is 0.130 e. The maximum Gasteiger partial charge on any atom is 0.130 e. The average molecular weight is 325 g/mol. The van der Waals surface area contributed by atoms with Crippen LogP contribution in [0.4, 0.5) is 0 Å². The van der Waals surface area contributed by atoms with Gasteiger partial charge in [0.1, 0.15) is 17.3 Å². The summed E-state index contributed by atoms with van der Waals surface area (Å²) in [5, 5.41) is 0. The summed E-state index contributed by atoms with van der Waals surface area (Å²) in [4.78, 5) is 3.91. The Morgan fingerprint density at radius 2 is 2.29 bits per heavy atom. The number of piperidine rings is 1. The molecule has 0 amide bonds. The Labute approximate surface area is 137 Å². The molecule has 1 fully saturated rings. The second kappa shape index (κ2) is 8.01. The Morgan fingerprint density at radius 1 is 1.48 bits per heavy atom. The Kier molecular flexibility index (Phi) is 6.33. The molecule has 0 spiro atoms. The molecule has 0 saturated carbocycles. The highest BCUT2D eigenvalue weighted by Crippen LogP contribution is 2.30. The molecule has 1 aliphatic rings. The molecule has 3 nitrogen and oxygen atoms in total. The summed E-state index contributed by atoms with van der Waals surface area (Å²) in [6, 6.07) is 6.53. The van der Waals surface area contributed by atoms with Gasteiger partial charge in [-0.2, -0.15) is 0 Å². The van der Waals surface area contributed by atoms with E-state index in [4.69, 9.17) is 22.7 Å². The van der Waals surface area contributed by atoms with Crippen LogP contribution in [0.25, 0.3) is 0 Å². The molecule has 1 aliphatic heterocycles. The van der Waals surface area contributed by atoms with Crippen LogP contribution in [0.5, 0.6) is 5.75 Å². The van der Waals surface area contributed by atoms with Crippen molar-refractivity contribution in [3.05, 3.63) is 23.8 Å². The lowest BCUT2D eigenvalue weighted by Crippen LogP contribution is -2.40. The van der Waals surface area contributed by atoms with Crippen molar-refractivity contribution in [2.24, 2.45) is 5.73 Å². The summed E-state index contributed by atoms with van der Waals surface area (Å²) in [7, 11) is 2.17. The van der Waals surface area contributed by atoms with Gasteiger partial charge in [0.2, 0.25) is 0 Å². The summed E-state index contributed by atoms with van der Waals surface area (Å²) in [5.41, 5.74) is 6.80. The molecule has 21 heavy (non-hydrogen) atoms. The molecule has 2 rings (SSSR count). The van der Waals surface area contributed by atoms with Crippen molar-refractivity contribution in [1.82, 2.24) is 4.90 Å². The van der Waals surface area contributed by atoms with Gasteiger partial charge >= 0.3 is 0 Å². The lowest BCUT2D eigenvalue weighted by molar-refractivity contribution is 0.125. The summed E-state index contributed by atoms with van der Waals surface area (Å²) < 4.78 is 6.07. The first kappa shape index (κ1) is 16.6. The van der Waals surface area contributed by atoms with Gasteiger partial charge in [0.15, 0.2) is 0 Å². The number of likely N-dealkylation sites (N-methyl/N-ethyl adjacent to an activating group) is 1. The monoisotopic (exact) mass is 324 g/mol. The Bertz CT molecular complexity index is 493. The molecular weight excluding hydrogens is 300 g/mol. The quantitative estimate of drug-likeness (QED) is 0.642. The summed E-state index contributed by atoms with van der Waals surface area (Å²) in [6.07, 6.45) is 3.77. The molecular formula is C16H24N2OS2. The van der Waals surface area contributed by atoms with Crippen molar-refractivity contribution in [3.8, 4) is 5.75 Å². The first-order valence-corrected chi connectivity index (χ1v) is 8.91. The van der Waals surface area contributed by atoms with E-state index in [0.29, 0.717) is 17.6 Å². The van der Waals surface area contributed by atoms with Crippen LogP contribution in [0.2, 0.25) is 0 Å². The van der Waals surface area contributed by atoms with Crippen LogP contribution in [-0.4, -0.2) is 41.9 Å². The molecule has 1 aromatic carbocycles. The van der Waals surface area contributed by atoms with Gasteiger partial charge in [-0.15, -0.1) is 11.8 Å². The Balaban J connectivity index is 2.11. The third kappa shape index (κ3) is 4.34. The van der Waals surface area contributed by atoms with Crippen LogP contribution in [0, 0.1) is 0 Å². The fourth-order valence-electron chi connectivity index (χ4n) is 2.69. The van der Waals surface area contributed by atoms with Gasteiger partial charge in [0.05, 0.1) is 5.56 Å². The number of rotatable bonds is 6. The predicted octanol–water partition coefficient (Wildman–Crippen LogP) is 3.30. The van der Waals surface area contributed by atoms with E-state index in [0.717, 1.165) is 28.5 Å². The number of nitrogens with zero attached hydrogens (tertiary/aromatic N) is 1. The van der Waals surface area contributed by atoms with E-state index < -0.39 is 0 Å². The number of hydrogen-bond donors (Lipinski definition) is 1. The lowest BCUT2D eigenvalue weighted by atomic mass is 10.0. The van der Waals surface area contributed by atoms with Crippen LogP contribution >= 0.6 is 24.0 Å². The van der Waals surface area contributed by atoms with Crippen LogP contribution in [0.15, 0.2) is 23.1 Å². The molecule has 0 aromatic heterocycles.